The van der Waals surface area contributed by atoms with E-state index in [0.29, 0.717) is 18.9 Å². The first-order valence-electron chi connectivity index (χ1n) is 6.41. The Morgan fingerprint density at radius 3 is 3.00 bits per heavy atom. The number of ether oxygens (including phenoxy) is 2. The smallest absolute Gasteiger partial charge is 0.373 e. The van der Waals surface area contributed by atoms with Crippen molar-refractivity contribution in [2.75, 3.05) is 20.3 Å². The number of carbonyl (C=O) groups is 2. The SMILES string of the molecule is COC(=O)c1ccc(CNC(=O)[C@H]2NCCO[C@@H]2C)o1. The molecule has 7 nitrogen and oxygen atoms in total. The molecule has 1 aromatic heterocycles. The van der Waals surface area contributed by atoms with Crippen molar-refractivity contribution in [2.24, 2.45) is 0 Å². The molecule has 0 bridgehead atoms. The molecular weight excluding hydrogens is 264 g/mol. The lowest BCUT2D eigenvalue weighted by Gasteiger charge is -2.29. The van der Waals surface area contributed by atoms with Gasteiger partial charge in [0.2, 0.25) is 11.7 Å². The fourth-order valence-corrected chi connectivity index (χ4v) is 1.99. The van der Waals surface area contributed by atoms with Crippen LogP contribution in [0.4, 0.5) is 0 Å². The van der Waals surface area contributed by atoms with Crippen LogP contribution in [-0.2, 0) is 20.8 Å². The van der Waals surface area contributed by atoms with Crippen LogP contribution in [-0.4, -0.2) is 44.3 Å². The molecule has 0 aliphatic carbocycles. The average Bonchev–Trinajstić information content (AvgIpc) is 2.93. The summed E-state index contributed by atoms with van der Waals surface area (Å²) in [4.78, 5) is 23.2. The summed E-state index contributed by atoms with van der Waals surface area (Å²) < 4.78 is 15.2. The summed E-state index contributed by atoms with van der Waals surface area (Å²) in [5.74, 6) is -0.0980. The molecule has 1 saturated heterocycles. The number of morpholine rings is 1. The Hall–Kier alpha value is -1.86. The van der Waals surface area contributed by atoms with Crippen LogP contribution in [0.15, 0.2) is 16.5 Å². The number of rotatable bonds is 4. The zero-order valence-corrected chi connectivity index (χ0v) is 11.5. The minimum Gasteiger partial charge on any atom is -0.463 e. The Labute approximate surface area is 116 Å². The standard InChI is InChI=1S/C13H18N2O5/c1-8-11(14-5-6-19-8)12(16)15-7-9-3-4-10(20-9)13(17)18-2/h3-4,8,11,14H,5-7H2,1-2H3,(H,15,16)/t8-,11+/m1/s1. The molecule has 0 unspecified atom stereocenters. The second-order valence-electron chi connectivity index (χ2n) is 4.48. The molecule has 0 spiro atoms. The van der Waals surface area contributed by atoms with Crippen molar-refractivity contribution >= 4 is 11.9 Å². The fraction of sp³-hybridized carbons (Fsp3) is 0.538. The lowest BCUT2D eigenvalue weighted by molar-refractivity contribution is -0.129. The fourth-order valence-electron chi connectivity index (χ4n) is 1.99. The normalized spacial score (nSPS) is 22.3. The summed E-state index contributed by atoms with van der Waals surface area (Å²) in [7, 11) is 1.28. The van der Waals surface area contributed by atoms with Crippen LogP contribution in [0.3, 0.4) is 0 Å². The molecule has 2 atom stereocenters. The second-order valence-corrected chi connectivity index (χ2v) is 4.48. The summed E-state index contributed by atoms with van der Waals surface area (Å²) >= 11 is 0. The third-order valence-electron chi connectivity index (χ3n) is 3.08. The highest BCUT2D eigenvalue weighted by Crippen LogP contribution is 2.09. The van der Waals surface area contributed by atoms with Crippen LogP contribution >= 0.6 is 0 Å². The van der Waals surface area contributed by atoms with E-state index in [2.05, 4.69) is 15.4 Å². The van der Waals surface area contributed by atoms with Crippen LogP contribution < -0.4 is 10.6 Å². The minimum absolute atomic E-state index is 0.115. The molecule has 7 heteroatoms. The first kappa shape index (κ1) is 14.5. The molecule has 2 rings (SSSR count). The maximum Gasteiger partial charge on any atom is 0.373 e. The van der Waals surface area contributed by atoms with Gasteiger partial charge >= 0.3 is 5.97 Å². The van der Waals surface area contributed by atoms with E-state index in [1.165, 1.54) is 13.2 Å². The predicted octanol–water partition coefficient (Wildman–Crippen LogP) is 0.0593. The summed E-state index contributed by atoms with van der Waals surface area (Å²) in [5.41, 5.74) is 0. The van der Waals surface area contributed by atoms with Crippen molar-refractivity contribution in [1.82, 2.24) is 10.6 Å². The molecule has 110 valence electrons. The zero-order chi connectivity index (χ0) is 14.5. The van der Waals surface area contributed by atoms with E-state index in [9.17, 15) is 9.59 Å². The number of nitrogens with one attached hydrogen (secondary N) is 2. The van der Waals surface area contributed by atoms with E-state index in [-0.39, 0.29) is 30.4 Å². The highest BCUT2D eigenvalue weighted by molar-refractivity contribution is 5.86. The van der Waals surface area contributed by atoms with Gasteiger partial charge < -0.3 is 24.5 Å². The van der Waals surface area contributed by atoms with Gasteiger partial charge in [0.05, 0.1) is 26.4 Å². The summed E-state index contributed by atoms with van der Waals surface area (Å²) in [6.45, 7) is 3.31. The van der Waals surface area contributed by atoms with E-state index in [1.54, 1.807) is 6.07 Å². The Bertz CT molecular complexity index is 485. The van der Waals surface area contributed by atoms with E-state index in [4.69, 9.17) is 9.15 Å². The molecule has 0 saturated carbocycles. The molecule has 20 heavy (non-hydrogen) atoms. The number of carbonyl (C=O) groups excluding carboxylic acids is 2. The van der Waals surface area contributed by atoms with E-state index in [0.717, 1.165) is 0 Å². The van der Waals surface area contributed by atoms with Crippen molar-refractivity contribution in [3.05, 3.63) is 23.7 Å². The number of methoxy groups -OCH3 is 1. The Morgan fingerprint density at radius 1 is 1.50 bits per heavy atom. The van der Waals surface area contributed by atoms with Gasteiger partial charge in [-0.2, -0.15) is 0 Å². The monoisotopic (exact) mass is 282 g/mol. The van der Waals surface area contributed by atoms with Gasteiger partial charge in [0.25, 0.3) is 0 Å². The van der Waals surface area contributed by atoms with Gasteiger partial charge in [-0.25, -0.2) is 4.79 Å². The van der Waals surface area contributed by atoms with Gasteiger partial charge in [-0.05, 0) is 19.1 Å². The Morgan fingerprint density at radius 2 is 2.30 bits per heavy atom. The van der Waals surface area contributed by atoms with Gasteiger partial charge in [0.15, 0.2) is 0 Å². The molecule has 1 aliphatic rings. The number of furan rings is 1. The van der Waals surface area contributed by atoms with Crippen LogP contribution in [0, 0.1) is 0 Å². The van der Waals surface area contributed by atoms with Crippen molar-refractivity contribution < 1.29 is 23.5 Å². The van der Waals surface area contributed by atoms with Crippen molar-refractivity contribution in [3.63, 3.8) is 0 Å². The number of amides is 1. The first-order valence-corrected chi connectivity index (χ1v) is 6.41. The number of esters is 1. The molecular formula is C13H18N2O5. The van der Waals surface area contributed by atoms with E-state index < -0.39 is 5.97 Å². The lowest BCUT2D eigenvalue weighted by Crippen LogP contribution is -2.55. The second kappa shape index (κ2) is 6.53. The summed E-state index contributed by atoms with van der Waals surface area (Å²) in [5, 5.41) is 5.84. The zero-order valence-electron chi connectivity index (χ0n) is 11.5. The van der Waals surface area contributed by atoms with Gasteiger partial charge in [0, 0.05) is 6.54 Å². The molecule has 2 heterocycles. The largest absolute Gasteiger partial charge is 0.463 e. The van der Waals surface area contributed by atoms with E-state index in [1.807, 2.05) is 6.92 Å². The third-order valence-corrected chi connectivity index (χ3v) is 3.08. The van der Waals surface area contributed by atoms with Gasteiger partial charge in [-0.1, -0.05) is 0 Å². The first-order chi connectivity index (χ1) is 9.61. The van der Waals surface area contributed by atoms with Gasteiger partial charge in [-0.15, -0.1) is 0 Å². The van der Waals surface area contributed by atoms with Crippen LogP contribution in [0.25, 0.3) is 0 Å². The lowest BCUT2D eigenvalue weighted by atomic mass is 10.1. The van der Waals surface area contributed by atoms with Crippen LogP contribution in [0.5, 0.6) is 0 Å². The highest BCUT2D eigenvalue weighted by Gasteiger charge is 2.28. The van der Waals surface area contributed by atoms with Crippen molar-refractivity contribution in [1.29, 1.82) is 0 Å². The molecule has 1 aromatic rings. The molecule has 1 aliphatic heterocycles. The summed E-state index contributed by atoms with van der Waals surface area (Å²) in [6, 6.07) is 2.76. The topological polar surface area (TPSA) is 89.8 Å². The van der Waals surface area contributed by atoms with Crippen molar-refractivity contribution in [3.8, 4) is 0 Å². The maximum absolute atomic E-state index is 12.0. The average molecular weight is 282 g/mol. The molecule has 1 fully saturated rings. The van der Waals surface area contributed by atoms with Crippen LogP contribution in [0.1, 0.15) is 23.2 Å². The quantitative estimate of drug-likeness (QED) is 0.759. The minimum atomic E-state index is -0.543. The van der Waals surface area contributed by atoms with Crippen LogP contribution in [0.2, 0.25) is 0 Å². The predicted molar refractivity (Wildman–Crippen MR) is 69.1 cm³/mol. The number of hydrogen-bond acceptors (Lipinski definition) is 6. The molecule has 0 radical (unpaired) electrons. The third kappa shape index (κ3) is 3.37. The number of hydrogen-bond donors (Lipinski definition) is 2. The van der Waals surface area contributed by atoms with E-state index >= 15 is 0 Å². The molecule has 2 N–H and O–H groups in total. The van der Waals surface area contributed by atoms with Gasteiger partial charge in [-0.3, -0.25) is 4.79 Å². The Balaban J connectivity index is 1.86. The summed E-state index contributed by atoms with van der Waals surface area (Å²) in [6.07, 6.45) is -0.175. The highest BCUT2D eigenvalue weighted by atomic mass is 16.5. The van der Waals surface area contributed by atoms with Gasteiger partial charge in [0.1, 0.15) is 11.8 Å². The molecule has 1 amide bonds. The Kier molecular flexibility index (Phi) is 4.75. The molecule has 0 aromatic carbocycles. The van der Waals surface area contributed by atoms with Crippen molar-refractivity contribution in [2.45, 2.75) is 25.6 Å². The maximum atomic E-state index is 12.0.